The highest BCUT2D eigenvalue weighted by Crippen LogP contribution is 2.25. The van der Waals surface area contributed by atoms with Crippen LogP contribution in [0, 0.1) is 6.92 Å². The predicted molar refractivity (Wildman–Crippen MR) is 61.2 cm³/mol. The number of hydrogen-bond donors (Lipinski definition) is 1. The summed E-state index contributed by atoms with van der Waals surface area (Å²) in [5, 5.41) is 11.7. The normalized spacial score (nSPS) is 20.0. The second-order valence-corrected chi connectivity index (χ2v) is 4.41. The zero-order chi connectivity index (χ0) is 11.8. The van der Waals surface area contributed by atoms with Gasteiger partial charge in [-0.15, -0.1) is 0 Å². The molecule has 2 aromatic rings. The minimum Gasteiger partial charge on any atom is -0.334 e. The van der Waals surface area contributed by atoms with Crippen molar-refractivity contribution in [3.8, 4) is 11.5 Å². The van der Waals surface area contributed by atoms with Gasteiger partial charge in [-0.25, -0.2) is 0 Å². The summed E-state index contributed by atoms with van der Waals surface area (Å²) in [6, 6.07) is 0.240. The quantitative estimate of drug-likeness (QED) is 0.844. The second-order valence-electron chi connectivity index (χ2n) is 4.41. The Labute approximate surface area is 99.0 Å². The van der Waals surface area contributed by atoms with Gasteiger partial charge in [-0.1, -0.05) is 5.16 Å². The topological polar surface area (TPSA) is 68.8 Å². The Kier molecular flexibility index (Phi) is 2.44. The molecule has 1 fully saturated rings. The van der Waals surface area contributed by atoms with E-state index in [-0.39, 0.29) is 6.04 Å². The van der Waals surface area contributed by atoms with E-state index < -0.39 is 0 Å². The maximum atomic E-state index is 5.30. The molecule has 0 aromatic carbocycles. The van der Waals surface area contributed by atoms with E-state index in [0.29, 0.717) is 5.89 Å². The van der Waals surface area contributed by atoms with Crippen molar-refractivity contribution in [2.24, 2.45) is 7.05 Å². The minimum absolute atomic E-state index is 0.240. The van der Waals surface area contributed by atoms with Gasteiger partial charge in [0.1, 0.15) is 0 Å². The third kappa shape index (κ3) is 1.84. The summed E-state index contributed by atoms with van der Waals surface area (Å²) in [4.78, 5) is 4.44. The fourth-order valence-corrected chi connectivity index (χ4v) is 2.20. The molecule has 1 N–H and O–H groups in total. The Hall–Kier alpha value is -1.69. The van der Waals surface area contributed by atoms with Gasteiger partial charge >= 0.3 is 0 Å². The average molecular weight is 233 g/mol. The molecule has 0 bridgehead atoms. The van der Waals surface area contributed by atoms with Crippen LogP contribution in [-0.2, 0) is 7.05 Å². The van der Waals surface area contributed by atoms with E-state index in [2.05, 4.69) is 20.6 Å². The summed E-state index contributed by atoms with van der Waals surface area (Å²) in [6.07, 6.45) is 4.14. The van der Waals surface area contributed by atoms with Gasteiger partial charge in [-0.3, -0.25) is 4.68 Å². The number of hydrogen-bond acceptors (Lipinski definition) is 5. The first-order valence-electron chi connectivity index (χ1n) is 5.81. The van der Waals surface area contributed by atoms with Crippen molar-refractivity contribution in [2.75, 3.05) is 6.54 Å². The second kappa shape index (κ2) is 3.96. The molecule has 1 aliphatic heterocycles. The lowest BCUT2D eigenvalue weighted by Crippen LogP contribution is -2.14. The number of rotatable bonds is 2. The first-order valence-corrected chi connectivity index (χ1v) is 5.81. The van der Waals surface area contributed by atoms with E-state index in [1.54, 1.807) is 4.68 Å². The van der Waals surface area contributed by atoms with Crippen LogP contribution in [0.4, 0.5) is 0 Å². The van der Waals surface area contributed by atoms with Gasteiger partial charge in [0.25, 0.3) is 5.89 Å². The summed E-state index contributed by atoms with van der Waals surface area (Å²) in [5.41, 5.74) is 1.81. The first-order chi connectivity index (χ1) is 8.24. The fourth-order valence-electron chi connectivity index (χ4n) is 2.20. The summed E-state index contributed by atoms with van der Waals surface area (Å²) >= 11 is 0. The van der Waals surface area contributed by atoms with Crippen molar-refractivity contribution in [1.29, 1.82) is 0 Å². The van der Waals surface area contributed by atoms with Gasteiger partial charge < -0.3 is 9.84 Å². The SMILES string of the molecule is Cc1nn(C)cc1-c1nc(C2CCCN2)no1. The summed E-state index contributed by atoms with van der Waals surface area (Å²) in [5.74, 6) is 1.31. The zero-order valence-corrected chi connectivity index (χ0v) is 9.97. The van der Waals surface area contributed by atoms with Crippen LogP contribution >= 0.6 is 0 Å². The number of aromatic nitrogens is 4. The number of nitrogens with one attached hydrogen (secondary N) is 1. The highest BCUT2D eigenvalue weighted by atomic mass is 16.5. The highest BCUT2D eigenvalue weighted by Gasteiger charge is 2.23. The fraction of sp³-hybridized carbons (Fsp3) is 0.545. The minimum atomic E-state index is 0.240. The molecule has 1 unspecified atom stereocenters. The molecule has 1 saturated heterocycles. The molecule has 0 aliphatic carbocycles. The molecule has 1 aliphatic rings. The third-order valence-corrected chi connectivity index (χ3v) is 3.06. The van der Waals surface area contributed by atoms with Crippen LogP contribution in [0.15, 0.2) is 10.7 Å². The molecule has 3 rings (SSSR count). The van der Waals surface area contributed by atoms with Crippen molar-refractivity contribution < 1.29 is 4.52 Å². The van der Waals surface area contributed by atoms with Gasteiger partial charge in [0, 0.05) is 13.2 Å². The Morgan fingerprint density at radius 3 is 3.06 bits per heavy atom. The van der Waals surface area contributed by atoms with Gasteiger partial charge in [0.2, 0.25) is 0 Å². The molecule has 3 heterocycles. The molecule has 6 nitrogen and oxygen atoms in total. The van der Waals surface area contributed by atoms with E-state index in [1.165, 1.54) is 6.42 Å². The van der Waals surface area contributed by atoms with Gasteiger partial charge in [-0.05, 0) is 26.3 Å². The predicted octanol–water partition coefficient (Wildman–Crippen LogP) is 1.20. The molecule has 6 heteroatoms. The average Bonchev–Trinajstić information content (AvgIpc) is 2.97. The monoisotopic (exact) mass is 233 g/mol. The third-order valence-electron chi connectivity index (χ3n) is 3.06. The maximum absolute atomic E-state index is 5.30. The number of aryl methyl sites for hydroxylation is 2. The van der Waals surface area contributed by atoms with E-state index in [0.717, 1.165) is 30.0 Å². The van der Waals surface area contributed by atoms with Crippen molar-refractivity contribution in [3.05, 3.63) is 17.7 Å². The molecule has 90 valence electrons. The molecule has 0 spiro atoms. The number of nitrogens with zero attached hydrogens (tertiary/aromatic N) is 4. The van der Waals surface area contributed by atoms with E-state index in [4.69, 9.17) is 4.52 Å². The van der Waals surface area contributed by atoms with Crippen LogP contribution < -0.4 is 5.32 Å². The van der Waals surface area contributed by atoms with Crippen LogP contribution in [0.2, 0.25) is 0 Å². The molecule has 0 amide bonds. The zero-order valence-electron chi connectivity index (χ0n) is 9.97. The smallest absolute Gasteiger partial charge is 0.261 e. The Morgan fingerprint density at radius 2 is 2.41 bits per heavy atom. The van der Waals surface area contributed by atoms with Crippen LogP contribution in [0.25, 0.3) is 11.5 Å². The lowest BCUT2D eigenvalue weighted by atomic mass is 10.2. The van der Waals surface area contributed by atoms with E-state index >= 15 is 0 Å². The van der Waals surface area contributed by atoms with Gasteiger partial charge in [-0.2, -0.15) is 10.1 Å². The molecule has 2 aromatic heterocycles. The lowest BCUT2D eigenvalue weighted by Gasteiger charge is -2.01. The van der Waals surface area contributed by atoms with Crippen LogP contribution in [0.1, 0.15) is 30.4 Å². The van der Waals surface area contributed by atoms with Crippen molar-refractivity contribution >= 4 is 0 Å². The summed E-state index contributed by atoms with van der Waals surface area (Å²) < 4.78 is 7.06. The van der Waals surface area contributed by atoms with Crippen molar-refractivity contribution in [1.82, 2.24) is 25.2 Å². The van der Waals surface area contributed by atoms with E-state index in [9.17, 15) is 0 Å². The molecule has 0 radical (unpaired) electrons. The Morgan fingerprint density at radius 1 is 1.53 bits per heavy atom. The molecule has 1 atom stereocenters. The van der Waals surface area contributed by atoms with Gasteiger partial charge in [0.15, 0.2) is 5.82 Å². The summed E-state index contributed by atoms with van der Waals surface area (Å²) in [7, 11) is 1.88. The summed E-state index contributed by atoms with van der Waals surface area (Å²) in [6.45, 7) is 2.97. The Bertz CT molecular complexity index is 524. The largest absolute Gasteiger partial charge is 0.334 e. The lowest BCUT2D eigenvalue weighted by molar-refractivity contribution is 0.412. The molecular formula is C11H15N5O. The standard InChI is InChI=1S/C11H15N5O/c1-7-8(6-16(2)14-7)11-13-10(15-17-11)9-4-3-5-12-9/h6,9,12H,3-5H2,1-2H3. The van der Waals surface area contributed by atoms with Crippen molar-refractivity contribution in [3.63, 3.8) is 0 Å². The van der Waals surface area contributed by atoms with Crippen molar-refractivity contribution in [2.45, 2.75) is 25.8 Å². The highest BCUT2D eigenvalue weighted by molar-refractivity contribution is 5.54. The van der Waals surface area contributed by atoms with Crippen LogP contribution in [-0.4, -0.2) is 26.5 Å². The maximum Gasteiger partial charge on any atom is 0.261 e. The van der Waals surface area contributed by atoms with E-state index in [1.807, 2.05) is 20.2 Å². The van der Waals surface area contributed by atoms with Gasteiger partial charge in [0.05, 0.1) is 17.3 Å². The Balaban J connectivity index is 1.91. The molecule has 0 saturated carbocycles. The molecule has 17 heavy (non-hydrogen) atoms. The molecular weight excluding hydrogens is 218 g/mol. The van der Waals surface area contributed by atoms with Crippen LogP contribution in [0.5, 0.6) is 0 Å². The van der Waals surface area contributed by atoms with Crippen LogP contribution in [0.3, 0.4) is 0 Å². The first kappa shape index (κ1) is 10.5.